The lowest BCUT2D eigenvalue weighted by molar-refractivity contribution is 0.285. The van der Waals surface area contributed by atoms with Crippen LogP contribution >= 0.6 is 0 Å². The Kier molecular flexibility index (Phi) is 4.19. The molecule has 0 aromatic heterocycles. The third-order valence-electron chi connectivity index (χ3n) is 4.46. The van der Waals surface area contributed by atoms with Crippen molar-refractivity contribution in [2.45, 2.75) is 64.3 Å². The summed E-state index contributed by atoms with van der Waals surface area (Å²) in [6.07, 6.45) is 5.92. The van der Waals surface area contributed by atoms with Gasteiger partial charge in [0.2, 0.25) is 0 Å². The predicted molar refractivity (Wildman–Crippen MR) is 80.8 cm³/mol. The van der Waals surface area contributed by atoms with Crippen molar-refractivity contribution < 1.29 is 4.74 Å². The van der Waals surface area contributed by atoms with Crippen LogP contribution in [0, 0.1) is 6.92 Å². The van der Waals surface area contributed by atoms with E-state index < -0.39 is 0 Å². The SMILES string of the molecule is COc1c(C)ccc(C(C)C)c1C1(N)CCCCC1. The minimum absolute atomic E-state index is 0.199. The molecule has 1 aromatic carbocycles. The molecule has 1 aliphatic rings. The number of hydrogen-bond donors (Lipinski definition) is 1. The molecule has 2 rings (SSSR count). The van der Waals surface area contributed by atoms with Gasteiger partial charge in [0.25, 0.3) is 0 Å². The van der Waals surface area contributed by atoms with Gasteiger partial charge in [-0.1, -0.05) is 45.2 Å². The summed E-state index contributed by atoms with van der Waals surface area (Å²) < 4.78 is 5.71. The lowest BCUT2D eigenvalue weighted by Gasteiger charge is -2.37. The van der Waals surface area contributed by atoms with Gasteiger partial charge in [0.1, 0.15) is 5.75 Å². The Labute approximate surface area is 117 Å². The van der Waals surface area contributed by atoms with Crippen molar-refractivity contribution >= 4 is 0 Å². The number of rotatable bonds is 3. The average molecular weight is 261 g/mol. The fourth-order valence-corrected chi connectivity index (χ4v) is 3.39. The maximum absolute atomic E-state index is 6.78. The van der Waals surface area contributed by atoms with Gasteiger partial charge in [-0.15, -0.1) is 0 Å². The van der Waals surface area contributed by atoms with Crippen LogP contribution in [-0.2, 0) is 5.54 Å². The normalized spacial score (nSPS) is 18.6. The molecule has 0 aliphatic heterocycles. The molecule has 0 saturated heterocycles. The first kappa shape index (κ1) is 14.4. The van der Waals surface area contributed by atoms with E-state index in [1.54, 1.807) is 7.11 Å². The number of ether oxygens (including phenoxy) is 1. The molecule has 0 unspecified atom stereocenters. The van der Waals surface area contributed by atoms with Crippen molar-refractivity contribution in [3.8, 4) is 5.75 Å². The van der Waals surface area contributed by atoms with E-state index in [4.69, 9.17) is 10.5 Å². The second-order valence-corrected chi connectivity index (χ2v) is 6.25. The quantitative estimate of drug-likeness (QED) is 0.883. The summed E-state index contributed by atoms with van der Waals surface area (Å²) in [5, 5.41) is 0. The molecule has 0 atom stereocenters. The molecule has 0 amide bonds. The Morgan fingerprint density at radius 3 is 2.32 bits per heavy atom. The smallest absolute Gasteiger partial charge is 0.127 e. The lowest BCUT2D eigenvalue weighted by Crippen LogP contribution is -2.40. The van der Waals surface area contributed by atoms with Crippen molar-refractivity contribution in [1.29, 1.82) is 0 Å². The highest BCUT2D eigenvalue weighted by Crippen LogP contribution is 2.44. The number of methoxy groups -OCH3 is 1. The molecule has 2 N–H and O–H groups in total. The van der Waals surface area contributed by atoms with Crippen LogP contribution in [-0.4, -0.2) is 7.11 Å². The molecule has 0 bridgehead atoms. The number of benzene rings is 1. The number of hydrogen-bond acceptors (Lipinski definition) is 2. The van der Waals surface area contributed by atoms with Gasteiger partial charge in [-0.2, -0.15) is 0 Å². The third-order valence-corrected chi connectivity index (χ3v) is 4.46. The van der Waals surface area contributed by atoms with Gasteiger partial charge >= 0.3 is 0 Å². The van der Waals surface area contributed by atoms with Gasteiger partial charge < -0.3 is 10.5 Å². The lowest BCUT2D eigenvalue weighted by atomic mass is 9.73. The fourth-order valence-electron chi connectivity index (χ4n) is 3.39. The van der Waals surface area contributed by atoms with E-state index in [1.807, 2.05) is 0 Å². The molecule has 0 spiro atoms. The van der Waals surface area contributed by atoms with Crippen LogP contribution in [0.3, 0.4) is 0 Å². The van der Waals surface area contributed by atoms with E-state index >= 15 is 0 Å². The van der Waals surface area contributed by atoms with E-state index in [1.165, 1.54) is 36.0 Å². The summed E-state index contributed by atoms with van der Waals surface area (Å²) in [5.74, 6) is 1.49. The first-order chi connectivity index (χ1) is 8.99. The molecule has 1 fully saturated rings. The van der Waals surface area contributed by atoms with E-state index in [-0.39, 0.29) is 5.54 Å². The maximum Gasteiger partial charge on any atom is 0.127 e. The average Bonchev–Trinajstić information content (AvgIpc) is 2.38. The summed E-state index contributed by atoms with van der Waals surface area (Å²) in [4.78, 5) is 0. The standard InChI is InChI=1S/C17H27NO/c1-12(2)14-9-8-13(3)16(19-4)15(14)17(18)10-6-5-7-11-17/h8-9,12H,5-7,10-11,18H2,1-4H3. The van der Waals surface area contributed by atoms with E-state index in [0.29, 0.717) is 5.92 Å². The van der Waals surface area contributed by atoms with Crippen LogP contribution in [0.4, 0.5) is 0 Å². The molecular formula is C17H27NO. The van der Waals surface area contributed by atoms with Gasteiger partial charge in [0.05, 0.1) is 7.11 Å². The van der Waals surface area contributed by atoms with Gasteiger partial charge in [0.15, 0.2) is 0 Å². The van der Waals surface area contributed by atoms with Crippen molar-refractivity contribution in [3.05, 3.63) is 28.8 Å². The molecule has 1 aromatic rings. The summed E-state index contributed by atoms with van der Waals surface area (Å²) >= 11 is 0. The van der Waals surface area contributed by atoms with Crippen molar-refractivity contribution in [2.24, 2.45) is 5.73 Å². The zero-order chi connectivity index (χ0) is 14.0. The zero-order valence-corrected chi connectivity index (χ0v) is 12.8. The monoisotopic (exact) mass is 261 g/mol. The molecule has 1 saturated carbocycles. The molecule has 2 heteroatoms. The zero-order valence-electron chi connectivity index (χ0n) is 12.8. The molecular weight excluding hydrogens is 234 g/mol. The van der Waals surface area contributed by atoms with E-state index in [0.717, 1.165) is 18.6 Å². The van der Waals surface area contributed by atoms with Crippen LogP contribution in [0.2, 0.25) is 0 Å². The number of nitrogens with two attached hydrogens (primary N) is 1. The summed E-state index contributed by atoms with van der Waals surface area (Å²) in [6.45, 7) is 6.58. The van der Waals surface area contributed by atoms with E-state index in [9.17, 15) is 0 Å². The van der Waals surface area contributed by atoms with Crippen molar-refractivity contribution in [1.82, 2.24) is 0 Å². The van der Waals surface area contributed by atoms with Crippen LogP contribution in [0.1, 0.15) is 68.6 Å². The minimum atomic E-state index is -0.199. The molecule has 1 aliphatic carbocycles. The first-order valence-electron chi connectivity index (χ1n) is 7.46. The van der Waals surface area contributed by atoms with Crippen molar-refractivity contribution in [3.63, 3.8) is 0 Å². The maximum atomic E-state index is 6.78. The summed E-state index contributed by atoms with van der Waals surface area (Å²) in [6, 6.07) is 4.39. The van der Waals surface area contributed by atoms with Gasteiger partial charge in [-0.05, 0) is 36.8 Å². The van der Waals surface area contributed by atoms with E-state index in [2.05, 4.69) is 32.9 Å². The minimum Gasteiger partial charge on any atom is -0.496 e. The van der Waals surface area contributed by atoms with Crippen LogP contribution in [0.15, 0.2) is 12.1 Å². The highest BCUT2D eigenvalue weighted by molar-refractivity contribution is 5.51. The van der Waals surface area contributed by atoms with Gasteiger partial charge in [-0.3, -0.25) is 0 Å². The largest absolute Gasteiger partial charge is 0.496 e. The van der Waals surface area contributed by atoms with Crippen molar-refractivity contribution in [2.75, 3.05) is 7.11 Å². The summed E-state index contributed by atoms with van der Waals surface area (Å²) in [7, 11) is 1.77. The first-order valence-corrected chi connectivity index (χ1v) is 7.46. The van der Waals surface area contributed by atoms with Gasteiger partial charge in [0, 0.05) is 11.1 Å². The Morgan fingerprint density at radius 2 is 1.79 bits per heavy atom. The Morgan fingerprint density at radius 1 is 1.16 bits per heavy atom. The second kappa shape index (κ2) is 5.54. The molecule has 106 valence electrons. The molecule has 0 radical (unpaired) electrons. The second-order valence-electron chi connectivity index (χ2n) is 6.25. The molecule has 19 heavy (non-hydrogen) atoms. The molecule has 0 heterocycles. The Hall–Kier alpha value is -1.02. The van der Waals surface area contributed by atoms with Crippen LogP contribution in [0.25, 0.3) is 0 Å². The predicted octanol–water partition coefficient (Wildman–Crippen LogP) is 4.25. The number of aryl methyl sites for hydroxylation is 1. The molecule has 2 nitrogen and oxygen atoms in total. The van der Waals surface area contributed by atoms with Crippen LogP contribution in [0.5, 0.6) is 5.75 Å². The Bertz CT molecular complexity index is 445. The Balaban J connectivity index is 2.60. The highest BCUT2D eigenvalue weighted by atomic mass is 16.5. The fraction of sp³-hybridized carbons (Fsp3) is 0.647. The third kappa shape index (κ3) is 2.64. The summed E-state index contributed by atoms with van der Waals surface area (Å²) in [5.41, 5.74) is 10.4. The topological polar surface area (TPSA) is 35.2 Å². The van der Waals surface area contributed by atoms with Gasteiger partial charge in [-0.25, -0.2) is 0 Å². The van der Waals surface area contributed by atoms with Crippen LogP contribution < -0.4 is 10.5 Å². The highest BCUT2D eigenvalue weighted by Gasteiger charge is 2.35.